The summed E-state index contributed by atoms with van der Waals surface area (Å²) in [6.45, 7) is 3.67. The molecule has 0 aliphatic carbocycles. The van der Waals surface area contributed by atoms with Crippen LogP contribution >= 0.6 is 22.7 Å². The maximum atomic E-state index is 12.8. The van der Waals surface area contributed by atoms with Crippen molar-refractivity contribution >= 4 is 43.8 Å². The number of anilines is 1. The summed E-state index contributed by atoms with van der Waals surface area (Å²) < 4.78 is 16.8. The number of methoxy groups -OCH3 is 3. The van der Waals surface area contributed by atoms with Gasteiger partial charge in [-0.3, -0.25) is 4.79 Å². The van der Waals surface area contributed by atoms with Crippen LogP contribution in [0.2, 0.25) is 0 Å². The number of thiazole rings is 1. The predicted molar refractivity (Wildman–Crippen MR) is 153 cm³/mol. The smallest absolute Gasteiger partial charge is 0.256 e. The molecule has 0 fully saturated rings. The number of carbonyl (C=O) groups is 1. The van der Waals surface area contributed by atoms with Crippen LogP contribution in [0.5, 0.6) is 11.6 Å². The third kappa shape index (κ3) is 5.67. The van der Waals surface area contributed by atoms with Gasteiger partial charge in [0.15, 0.2) is 5.75 Å². The summed E-state index contributed by atoms with van der Waals surface area (Å²) in [5.74, 6) is 1.02. The number of hydrogen-bond donors (Lipinski definition) is 3. The van der Waals surface area contributed by atoms with E-state index in [1.165, 1.54) is 10.4 Å². The van der Waals surface area contributed by atoms with Gasteiger partial charge in [0, 0.05) is 55.4 Å². The Morgan fingerprint density at radius 3 is 2.82 bits per heavy atom. The van der Waals surface area contributed by atoms with E-state index in [0.717, 1.165) is 63.0 Å². The number of hydrogen-bond acceptors (Lipinski definition) is 10. The lowest BCUT2D eigenvalue weighted by molar-refractivity contribution is -0.116. The highest BCUT2D eigenvalue weighted by Crippen LogP contribution is 2.45. The minimum absolute atomic E-state index is 0.00734. The molecule has 1 aliphatic heterocycles. The first-order valence-corrected chi connectivity index (χ1v) is 14.1. The van der Waals surface area contributed by atoms with Gasteiger partial charge in [-0.15, -0.1) is 22.7 Å². The average molecular weight is 554 g/mol. The van der Waals surface area contributed by atoms with E-state index in [4.69, 9.17) is 19.2 Å². The standard InChI is InChI=1S/C27H31N5O4S2/c1-34-11-10-28-9-7-23(33)32-27-24(18-6-8-29-15-22(18)38-27)26-31-19-12-16(4-5-21(19)37-26)17-13-20(35-2)25(36-3)30-14-17/h4-5,12-14,28-29H,6-11,15H2,1-3H3,(H,32,33). The highest BCUT2D eigenvalue weighted by molar-refractivity contribution is 7.23. The van der Waals surface area contributed by atoms with Gasteiger partial charge in [0.1, 0.15) is 10.0 Å². The van der Waals surface area contributed by atoms with Crippen LogP contribution < -0.4 is 25.4 Å². The van der Waals surface area contributed by atoms with E-state index >= 15 is 0 Å². The van der Waals surface area contributed by atoms with Crippen LogP contribution in [0.1, 0.15) is 16.9 Å². The summed E-state index contributed by atoms with van der Waals surface area (Å²) in [7, 11) is 4.84. The van der Waals surface area contributed by atoms with Gasteiger partial charge in [0.25, 0.3) is 5.88 Å². The molecule has 4 aromatic rings. The van der Waals surface area contributed by atoms with E-state index in [9.17, 15) is 4.79 Å². The molecule has 0 saturated heterocycles. The molecule has 1 amide bonds. The van der Waals surface area contributed by atoms with Gasteiger partial charge in [-0.2, -0.15) is 0 Å². The number of rotatable bonds is 11. The SMILES string of the molecule is COCCNCCC(=O)Nc1sc2c(c1-c1nc3cc(-c4cnc(OC)c(OC)c4)ccc3s1)CCNC2. The van der Waals surface area contributed by atoms with Crippen molar-refractivity contribution in [2.75, 3.05) is 52.9 Å². The first kappa shape index (κ1) is 26.5. The minimum atomic E-state index is -0.00734. The molecule has 0 radical (unpaired) electrons. The molecule has 1 aromatic carbocycles. The third-order valence-electron chi connectivity index (χ3n) is 6.36. The zero-order valence-corrected chi connectivity index (χ0v) is 23.3. The van der Waals surface area contributed by atoms with Gasteiger partial charge in [-0.25, -0.2) is 9.97 Å². The lowest BCUT2D eigenvalue weighted by Gasteiger charge is -2.13. The van der Waals surface area contributed by atoms with Crippen LogP contribution in [0, 0.1) is 0 Å². The van der Waals surface area contributed by atoms with Gasteiger partial charge in [0.05, 0.1) is 31.0 Å². The van der Waals surface area contributed by atoms with Crippen molar-refractivity contribution in [3.05, 3.63) is 40.9 Å². The van der Waals surface area contributed by atoms with E-state index in [-0.39, 0.29) is 5.91 Å². The summed E-state index contributed by atoms with van der Waals surface area (Å²) in [5.41, 5.74) is 5.16. The molecule has 11 heteroatoms. The molecular weight excluding hydrogens is 522 g/mol. The van der Waals surface area contributed by atoms with Crippen LogP contribution in [-0.4, -0.2) is 63.4 Å². The molecule has 3 N–H and O–H groups in total. The Hall–Kier alpha value is -3.09. The van der Waals surface area contributed by atoms with Gasteiger partial charge in [0.2, 0.25) is 5.91 Å². The lowest BCUT2D eigenvalue weighted by Crippen LogP contribution is -2.24. The molecule has 3 aromatic heterocycles. The predicted octanol–water partition coefficient (Wildman–Crippen LogP) is 4.31. The molecule has 0 atom stereocenters. The Labute approximate surface area is 229 Å². The van der Waals surface area contributed by atoms with Gasteiger partial charge in [-0.05, 0) is 42.3 Å². The van der Waals surface area contributed by atoms with Crippen LogP contribution in [0.3, 0.4) is 0 Å². The van der Waals surface area contributed by atoms with Gasteiger partial charge >= 0.3 is 0 Å². The molecule has 5 rings (SSSR count). The zero-order valence-electron chi connectivity index (χ0n) is 21.7. The summed E-state index contributed by atoms with van der Waals surface area (Å²) >= 11 is 3.30. The average Bonchev–Trinajstić information content (AvgIpc) is 3.52. The summed E-state index contributed by atoms with van der Waals surface area (Å²) in [6, 6.07) is 8.15. The molecule has 1 aliphatic rings. The number of aromatic nitrogens is 2. The van der Waals surface area contributed by atoms with Crippen LogP contribution in [0.25, 0.3) is 31.9 Å². The number of nitrogens with one attached hydrogen (secondary N) is 3. The van der Waals surface area contributed by atoms with E-state index in [1.807, 2.05) is 6.07 Å². The fourth-order valence-corrected chi connectivity index (χ4v) is 6.77. The van der Waals surface area contributed by atoms with Crippen LogP contribution in [0.15, 0.2) is 30.5 Å². The van der Waals surface area contributed by atoms with E-state index in [1.54, 1.807) is 50.2 Å². The Morgan fingerprint density at radius 2 is 2.00 bits per heavy atom. The first-order valence-electron chi connectivity index (χ1n) is 12.5. The number of nitrogens with zero attached hydrogens (tertiary/aromatic N) is 2. The van der Waals surface area contributed by atoms with Gasteiger partial charge in [-0.1, -0.05) is 6.07 Å². The highest BCUT2D eigenvalue weighted by Gasteiger charge is 2.25. The molecular formula is C27H31N5O4S2. The summed E-state index contributed by atoms with van der Waals surface area (Å²) in [5, 5.41) is 11.7. The lowest BCUT2D eigenvalue weighted by atomic mass is 10.0. The van der Waals surface area contributed by atoms with Crippen LogP contribution in [-0.2, 0) is 22.5 Å². The van der Waals surface area contributed by atoms with Crippen molar-refractivity contribution in [3.63, 3.8) is 0 Å². The van der Waals surface area contributed by atoms with Crippen molar-refractivity contribution in [2.24, 2.45) is 0 Å². The molecule has 4 heterocycles. The Kier molecular flexibility index (Phi) is 8.50. The van der Waals surface area contributed by atoms with Crippen molar-refractivity contribution in [1.29, 1.82) is 0 Å². The van der Waals surface area contributed by atoms with Crippen molar-refractivity contribution in [3.8, 4) is 33.3 Å². The fourth-order valence-electron chi connectivity index (χ4n) is 4.44. The highest BCUT2D eigenvalue weighted by atomic mass is 32.1. The number of amides is 1. The number of carbonyl (C=O) groups excluding carboxylic acids is 1. The quantitative estimate of drug-likeness (QED) is 0.236. The molecule has 38 heavy (non-hydrogen) atoms. The normalized spacial score (nSPS) is 12.9. The summed E-state index contributed by atoms with van der Waals surface area (Å²) in [4.78, 5) is 23.5. The van der Waals surface area contributed by atoms with E-state index < -0.39 is 0 Å². The number of thiophene rings is 1. The summed E-state index contributed by atoms with van der Waals surface area (Å²) in [6.07, 6.45) is 3.08. The second-order valence-corrected chi connectivity index (χ2v) is 10.9. The third-order valence-corrected chi connectivity index (χ3v) is 8.56. The van der Waals surface area contributed by atoms with Crippen molar-refractivity contribution in [2.45, 2.75) is 19.4 Å². The molecule has 0 saturated carbocycles. The zero-order chi connectivity index (χ0) is 26.5. The fraction of sp³-hybridized carbons (Fsp3) is 0.370. The molecule has 0 bridgehead atoms. The minimum Gasteiger partial charge on any atom is -0.491 e. The molecule has 0 unspecified atom stereocenters. The monoisotopic (exact) mass is 553 g/mol. The molecule has 200 valence electrons. The van der Waals surface area contributed by atoms with E-state index in [2.05, 4.69) is 39.1 Å². The van der Waals surface area contributed by atoms with Crippen molar-refractivity contribution in [1.82, 2.24) is 20.6 Å². The number of ether oxygens (including phenoxy) is 3. The second kappa shape index (κ2) is 12.2. The maximum absolute atomic E-state index is 12.8. The number of fused-ring (bicyclic) bond motifs is 2. The molecule has 0 spiro atoms. The van der Waals surface area contributed by atoms with Crippen molar-refractivity contribution < 1.29 is 19.0 Å². The Bertz CT molecular complexity index is 1430. The molecule has 9 nitrogen and oxygen atoms in total. The van der Waals surface area contributed by atoms with Gasteiger partial charge < -0.3 is 30.2 Å². The largest absolute Gasteiger partial charge is 0.491 e. The maximum Gasteiger partial charge on any atom is 0.256 e. The van der Waals surface area contributed by atoms with Crippen LogP contribution in [0.4, 0.5) is 5.00 Å². The second-order valence-electron chi connectivity index (χ2n) is 8.81. The topological polar surface area (TPSA) is 107 Å². The Balaban J connectivity index is 1.44. The number of pyridine rings is 1. The Morgan fingerprint density at radius 1 is 1.11 bits per heavy atom. The first-order chi connectivity index (χ1) is 18.6. The number of benzene rings is 1. The van der Waals surface area contributed by atoms with E-state index in [0.29, 0.717) is 31.2 Å².